The number of fused-ring (bicyclic) bond motifs is 1. The molecule has 0 radical (unpaired) electrons. The predicted molar refractivity (Wildman–Crippen MR) is 159 cm³/mol. The van der Waals surface area contributed by atoms with Gasteiger partial charge in [0.05, 0.1) is 26.4 Å². The first-order valence-corrected chi connectivity index (χ1v) is 14.7. The van der Waals surface area contributed by atoms with Gasteiger partial charge in [0.2, 0.25) is 0 Å². The molecule has 3 aromatic rings. The number of morpholine rings is 2. The lowest BCUT2D eigenvalue weighted by atomic mass is 9.79. The highest BCUT2D eigenvalue weighted by Crippen LogP contribution is 2.42. The van der Waals surface area contributed by atoms with Gasteiger partial charge in [0, 0.05) is 39.3 Å². The lowest BCUT2D eigenvalue weighted by molar-refractivity contribution is 0.0321. The molecule has 2 aliphatic heterocycles. The van der Waals surface area contributed by atoms with Crippen LogP contribution >= 0.6 is 0 Å². The summed E-state index contributed by atoms with van der Waals surface area (Å²) in [6.07, 6.45) is 2.01. The fraction of sp³-hybridized carbons (Fsp3) is 0.412. The number of rotatable bonds is 10. The van der Waals surface area contributed by atoms with Crippen LogP contribution in [0.5, 0.6) is 11.5 Å². The standard InChI is InChI=1S/C34H40N2O4/c1-2-4-27(5-3-1)32-12-8-29-26-31(40-25-19-36-16-22-38-23-17-36)11-13-33(29)34(32)28-6-9-30(10-7-28)39-24-18-35-14-20-37-21-15-35/h1-7,9-11,13,26H,8,12,14-25H2. The van der Waals surface area contributed by atoms with Gasteiger partial charge in [-0.1, -0.05) is 48.5 Å². The topological polar surface area (TPSA) is 43.4 Å². The Bertz CT molecular complexity index is 1260. The van der Waals surface area contributed by atoms with E-state index in [0.717, 1.165) is 90.0 Å². The van der Waals surface area contributed by atoms with Gasteiger partial charge in [-0.05, 0) is 70.5 Å². The Balaban J connectivity index is 1.19. The van der Waals surface area contributed by atoms with E-state index in [1.807, 2.05) is 0 Å². The monoisotopic (exact) mass is 540 g/mol. The fourth-order valence-corrected chi connectivity index (χ4v) is 5.87. The van der Waals surface area contributed by atoms with Crippen LogP contribution in [0.4, 0.5) is 0 Å². The maximum Gasteiger partial charge on any atom is 0.119 e. The Labute approximate surface area is 238 Å². The molecule has 6 heteroatoms. The van der Waals surface area contributed by atoms with Gasteiger partial charge >= 0.3 is 0 Å². The average Bonchev–Trinajstić information content (AvgIpc) is 3.02. The molecule has 0 unspecified atom stereocenters. The first kappa shape index (κ1) is 27.0. The van der Waals surface area contributed by atoms with Gasteiger partial charge in [0.15, 0.2) is 0 Å². The molecule has 1 aliphatic carbocycles. The van der Waals surface area contributed by atoms with E-state index in [1.54, 1.807) is 0 Å². The van der Waals surface area contributed by atoms with Crippen LogP contribution in [0.2, 0.25) is 0 Å². The number of hydrogen-bond acceptors (Lipinski definition) is 6. The number of nitrogens with zero attached hydrogens (tertiary/aromatic N) is 2. The van der Waals surface area contributed by atoms with Crippen LogP contribution in [0.15, 0.2) is 72.8 Å². The van der Waals surface area contributed by atoms with Crippen molar-refractivity contribution in [1.29, 1.82) is 0 Å². The molecule has 3 aromatic carbocycles. The van der Waals surface area contributed by atoms with Crippen molar-refractivity contribution in [2.45, 2.75) is 12.8 Å². The largest absolute Gasteiger partial charge is 0.492 e. The number of hydrogen-bond donors (Lipinski definition) is 0. The van der Waals surface area contributed by atoms with Crippen molar-refractivity contribution in [2.75, 3.05) is 78.9 Å². The van der Waals surface area contributed by atoms with Crippen LogP contribution in [0, 0.1) is 0 Å². The fourth-order valence-electron chi connectivity index (χ4n) is 5.87. The Morgan fingerprint density at radius 3 is 1.85 bits per heavy atom. The molecule has 2 fully saturated rings. The molecule has 0 saturated carbocycles. The summed E-state index contributed by atoms with van der Waals surface area (Å²) < 4.78 is 23.2. The van der Waals surface area contributed by atoms with Crippen LogP contribution in [-0.4, -0.2) is 88.7 Å². The van der Waals surface area contributed by atoms with Gasteiger partial charge in [-0.3, -0.25) is 9.80 Å². The normalized spacial score (nSPS) is 18.4. The van der Waals surface area contributed by atoms with E-state index in [-0.39, 0.29) is 0 Å². The minimum absolute atomic E-state index is 0.689. The molecule has 3 aliphatic rings. The zero-order valence-corrected chi connectivity index (χ0v) is 23.4. The molecular formula is C34H40N2O4. The van der Waals surface area contributed by atoms with E-state index in [0.29, 0.717) is 13.2 Å². The zero-order valence-electron chi connectivity index (χ0n) is 23.4. The molecule has 0 amide bonds. The number of aryl methyl sites for hydroxylation is 1. The lowest BCUT2D eigenvalue weighted by Crippen LogP contribution is -2.38. The first-order valence-electron chi connectivity index (χ1n) is 14.7. The molecule has 6 rings (SSSR count). The molecule has 2 saturated heterocycles. The molecule has 0 aromatic heterocycles. The van der Waals surface area contributed by atoms with Crippen molar-refractivity contribution < 1.29 is 18.9 Å². The van der Waals surface area contributed by atoms with Gasteiger partial charge in [0.1, 0.15) is 24.7 Å². The van der Waals surface area contributed by atoms with Gasteiger partial charge in [0.25, 0.3) is 0 Å². The van der Waals surface area contributed by atoms with Gasteiger partial charge < -0.3 is 18.9 Å². The van der Waals surface area contributed by atoms with Gasteiger partial charge in [-0.25, -0.2) is 0 Å². The smallest absolute Gasteiger partial charge is 0.119 e. The van der Waals surface area contributed by atoms with E-state index in [9.17, 15) is 0 Å². The van der Waals surface area contributed by atoms with Gasteiger partial charge in [-0.15, -0.1) is 0 Å². The summed E-state index contributed by atoms with van der Waals surface area (Å²) in [5.74, 6) is 1.87. The molecule has 6 nitrogen and oxygen atoms in total. The highest BCUT2D eigenvalue weighted by atomic mass is 16.5. The van der Waals surface area contributed by atoms with E-state index in [1.165, 1.54) is 33.4 Å². The maximum atomic E-state index is 6.20. The van der Waals surface area contributed by atoms with E-state index >= 15 is 0 Å². The number of benzene rings is 3. The van der Waals surface area contributed by atoms with Crippen molar-refractivity contribution in [1.82, 2.24) is 9.80 Å². The Hall–Kier alpha value is -3.16. The highest BCUT2D eigenvalue weighted by molar-refractivity contribution is 6.00. The second-order valence-electron chi connectivity index (χ2n) is 10.7. The minimum Gasteiger partial charge on any atom is -0.492 e. The van der Waals surface area contributed by atoms with Crippen molar-refractivity contribution in [3.63, 3.8) is 0 Å². The molecule has 40 heavy (non-hydrogen) atoms. The molecule has 0 N–H and O–H groups in total. The second-order valence-corrected chi connectivity index (χ2v) is 10.7. The summed E-state index contributed by atoms with van der Waals surface area (Å²) in [5, 5.41) is 0. The summed E-state index contributed by atoms with van der Waals surface area (Å²) in [7, 11) is 0. The molecule has 0 atom stereocenters. The van der Waals surface area contributed by atoms with E-state index in [2.05, 4.69) is 82.6 Å². The summed E-state index contributed by atoms with van der Waals surface area (Å²) in [6, 6.07) is 26.1. The second kappa shape index (κ2) is 13.5. The van der Waals surface area contributed by atoms with Crippen molar-refractivity contribution in [3.8, 4) is 11.5 Å². The zero-order chi connectivity index (χ0) is 27.0. The van der Waals surface area contributed by atoms with Crippen molar-refractivity contribution >= 4 is 11.1 Å². The number of ether oxygens (including phenoxy) is 4. The molecular weight excluding hydrogens is 500 g/mol. The summed E-state index contributed by atoms with van der Waals surface area (Å²) in [5.41, 5.74) is 7.87. The summed E-state index contributed by atoms with van der Waals surface area (Å²) in [6.45, 7) is 10.5. The van der Waals surface area contributed by atoms with Gasteiger partial charge in [-0.2, -0.15) is 0 Å². The third-order valence-electron chi connectivity index (χ3n) is 8.12. The Morgan fingerprint density at radius 1 is 0.600 bits per heavy atom. The van der Waals surface area contributed by atoms with Crippen LogP contribution < -0.4 is 9.47 Å². The lowest BCUT2D eigenvalue weighted by Gasteiger charge is -2.27. The van der Waals surface area contributed by atoms with E-state index in [4.69, 9.17) is 18.9 Å². The Kier molecular flexibility index (Phi) is 9.10. The van der Waals surface area contributed by atoms with Crippen molar-refractivity contribution in [3.05, 3.63) is 95.1 Å². The van der Waals surface area contributed by atoms with Crippen molar-refractivity contribution in [2.24, 2.45) is 0 Å². The first-order chi connectivity index (χ1) is 19.8. The summed E-state index contributed by atoms with van der Waals surface area (Å²) in [4.78, 5) is 4.80. The summed E-state index contributed by atoms with van der Waals surface area (Å²) >= 11 is 0. The third kappa shape index (κ3) is 6.76. The Morgan fingerprint density at radius 2 is 1.20 bits per heavy atom. The molecule has 2 heterocycles. The van der Waals surface area contributed by atoms with E-state index < -0.39 is 0 Å². The predicted octanol–water partition coefficient (Wildman–Crippen LogP) is 5.01. The molecule has 210 valence electrons. The third-order valence-corrected chi connectivity index (χ3v) is 8.12. The van der Waals surface area contributed by atoms with Crippen LogP contribution in [-0.2, 0) is 15.9 Å². The minimum atomic E-state index is 0.689. The van der Waals surface area contributed by atoms with Crippen LogP contribution in [0.3, 0.4) is 0 Å². The van der Waals surface area contributed by atoms with Crippen LogP contribution in [0.1, 0.15) is 28.7 Å². The van der Waals surface area contributed by atoms with Crippen LogP contribution in [0.25, 0.3) is 11.1 Å². The SMILES string of the molecule is c1ccc(C2=C(c3ccc(OCCN4CCOCC4)cc3)c3ccc(OCCN4CCOCC4)cc3CC2)cc1. The molecule has 0 bridgehead atoms. The molecule has 0 spiro atoms. The quantitative estimate of drug-likeness (QED) is 0.360. The highest BCUT2D eigenvalue weighted by Gasteiger charge is 2.22. The average molecular weight is 541 g/mol. The number of allylic oxidation sites excluding steroid dienone is 1. The maximum absolute atomic E-state index is 6.20.